The zero-order valence-electron chi connectivity index (χ0n) is 10.3. The molecule has 1 fully saturated rings. The molecule has 3 heteroatoms. The largest absolute Gasteiger partial charge is 0.497 e. The lowest BCUT2D eigenvalue weighted by atomic mass is 9.80. The van der Waals surface area contributed by atoms with Gasteiger partial charge in [-0.25, -0.2) is 0 Å². The first-order valence-electron chi connectivity index (χ1n) is 6.04. The molecule has 94 valence electrons. The van der Waals surface area contributed by atoms with E-state index >= 15 is 0 Å². The van der Waals surface area contributed by atoms with Crippen LogP contribution >= 0.6 is 12.6 Å². The molecule has 0 unspecified atom stereocenters. The summed E-state index contributed by atoms with van der Waals surface area (Å²) in [6.07, 6.45) is 0. The highest BCUT2D eigenvalue weighted by molar-refractivity contribution is 7.80. The minimum absolute atomic E-state index is 0.108. The molecular weight excluding hydrogens is 244 g/mol. The fourth-order valence-corrected chi connectivity index (χ4v) is 2.74. The maximum atomic E-state index is 5.36. The number of ether oxygens (including phenoxy) is 2. The summed E-state index contributed by atoms with van der Waals surface area (Å²) in [7, 11) is 1.69. The molecule has 0 spiro atoms. The van der Waals surface area contributed by atoms with Crippen LogP contribution in [0.5, 0.6) is 5.75 Å². The van der Waals surface area contributed by atoms with E-state index in [9.17, 15) is 0 Å². The Balaban J connectivity index is 2.06. The third kappa shape index (κ3) is 1.78. The number of rotatable bonds is 3. The van der Waals surface area contributed by atoms with Crippen molar-refractivity contribution in [2.45, 2.75) is 5.41 Å². The number of hydrogen-bond donors (Lipinski definition) is 1. The van der Waals surface area contributed by atoms with Crippen LogP contribution in [0, 0.1) is 0 Å². The van der Waals surface area contributed by atoms with Crippen molar-refractivity contribution in [1.29, 1.82) is 0 Å². The van der Waals surface area contributed by atoms with E-state index in [4.69, 9.17) is 9.47 Å². The molecule has 0 bridgehead atoms. The van der Waals surface area contributed by atoms with E-state index < -0.39 is 0 Å². The lowest BCUT2D eigenvalue weighted by molar-refractivity contribution is -0.0470. The molecule has 0 aromatic heterocycles. The Morgan fingerprint density at radius 1 is 1.17 bits per heavy atom. The molecule has 1 aliphatic heterocycles. The molecule has 2 aromatic carbocycles. The van der Waals surface area contributed by atoms with Gasteiger partial charge in [-0.3, -0.25) is 0 Å². The average molecular weight is 260 g/mol. The fraction of sp³-hybridized carbons (Fsp3) is 0.333. The summed E-state index contributed by atoms with van der Waals surface area (Å²) in [6, 6.07) is 12.7. The first-order chi connectivity index (χ1) is 8.77. The third-order valence-electron chi connectivity index (χ3n) is 3.72. The second kappa shape index (κ2) is 4.48. The Hall–Kier alpha value is -1.19. The quantitative estimate of drug-likeness (QED) is 0.855. The van der Waals surface area contributed by atoms with Crippen LogP contribution in [0.25, 0.3) is 10.8 Å². The van der Waals surface area contributed by atoms with Crippen LogP contribution in [0.15, 0.2) is 36.4 Å². The number of methoxy groups -OCH3 is 1. The number of benzene rings is 2. The summed E-state index contributed by atoms with van der Waals surface area (Å²) in [5, 5.41) is 2.44. The van der Waals surface area contributed by atoms with Gasteiger partial charge in [-0.2, -0.15) is 12.6 Å². The second-order valence-corrected chi connectivity index (χ2v) is 5.18. The van der Waals surface area contributed by atoms with E-state index in [0.717, 1.165) is 24.7 Å². The molecule has 2 aromatic rings. The van der Waals surface area contributed by atoms with Crippen LogP contribution in [0.4, 0.5) is 0 Å². The van der Waals surface area contributed by atoms with Gasteiger partial charge in [0.25, 0.3) is 0 Å². The van der Waals surface area contributed by atoms with Gasteiger partial charge in [0.1, 0.15) is 5.75 Å². The van der Waals surface area contributed by atoms with E-state index in [1.54, 1.807) is 7.11 Å². The molecule has 0 atom stereocenters. The molecule has 0 aliphatic carbocycles. The van der Waals surface area contributed by atoms with Gasteiger partial charge in [0.15, 0.2) is 0 Å². The maximum Gasteiger partial charge on any atom is 0.119 e. The Bertz CT molecular complexity index is 570. The summed E-state index contributed by atoms with van der Waals surface area (Å²) in [4.78, 5) is 0. The van der Waals surface area contributed by atoms with Crippen molar-refractivity contribution in [3.63, 3.8) is 0 Å². The molecule has 0 N–H and O–H groups in total. The Labute approximate surface area is 112 Å². The van der Waals surface area contributed by atoms with Gasteiger partial charge in [-0.1, -0.05) is 24.3 Å². The topological polar surface area (TPSA) is 18.5 Å². The molecule has 1 saturated heterocycles. The first kappa shape index (κ1) is 11.9. The van der Waals surface area contributed by atoms with Gasteiger partial charge in [-0.15, -0.1) is 0 Å². The fourth-order valence-electron chi connectivity index (χ4n) is 2.38. The van der Waals surface area contributed by atoms with Crippen LogP contribution in [0.1, 0.15) is 5.56 Å². The van der Waals surface area contributed by atoms with E-state index in [-0.39, 0.29) is 5.41 Å². The van der Waals surface area contributed by atoms with E-state index in [2.05, 4.69) is 43.0 Å². The molecule has 2 nitrogen and oxygen atoms in total. The Morgan fingerprint density at radius 3 is 2.50 bits per heavy atom. The second-order valence-electron chi connectivity index (χ2n) is 4.86. The van der Waals surface area contributed by atoms with Crippen molar-refractivity contribution in [3.8, 4) is 5.75 Å². The van der Waals surface area contributed by atoms with Crippen LogP contribution in [0.3, 0.4) is 0 Å². The Kier molecular flexibility index (Phi) is 2.96. The minimum Gasteiger partial charge on any atom is -0.497 e. The smallest absolute Gasteiger partial charge is 0.119 e. The molecular formula is C15H16O2S. The summed E-state index contributed by atoms with van der Waals surface area (Å²) in [5.74, 6) is 1.72. The van der Waals surface area contributed by atoms with E-state index in [1.807, 2.05) is 6.07 Å². The van der Waals surface area contributed by atoms with Crippen molar-refractivity contribution >= 4 is 23.4 Å². The highest BCUT2D eigenvalue weighted by Gasteiger charge is 2.39. The first-order valence-corrected chi connectivity index (χ1v) is 6.68. The van der Waals surface area contributed by atoms with Gasteiger partial charge in [-0.05, 0) is 28.5 Å². The summed E-state index contributed by atoms with van der Waals surface area (Å²) in [5.41, 5.74) is 1.43. The minimum atomic E-state index is 0.108. The van der Waals surface area contributed by atoms with E-state index in [0.29, 0.717) is 0 Å². The molecule has 3 rings (SSSR count). The SMILES string of the molecule is COc1ccc2cc(C3(CS)COC3)ccc2c1. The molecule has 1 aliphatic rings. The standard InChI is InChI=1S/C15H16O2S/c1-16-14-5-3-11-6-13(4-2-12(11)7-14)15(10-18)8-17-9-15/h2-7,18H,8-10H2,1H3. The van der Waals surface area contributed by atoms with Crippen molar-refractivity contribution in [1.82, 2.24) is 0 Å². The monoisotopic (exact) mass is 260 g/mol. The summed E-state index contributed by atoms with van der Waals surface area (Å²) >= 11 is 4.47. The van der Waals surface area contributed by atoms with Crippen molar-refractivity contribution in [2.24, 2.45) is 0 Å². The number of hydrogen-bond acceptors (Lipinski definition) is 3. The molecule has 1 heterocycles. The van der Waals surface area contributed by atoms with Crippen LogP contribution in [-0.2, 0) is 10.2 Å². The lowest BCUT2D eigenvalue weighted by Crippen LogP contribution is -2.48. The van der Waals surface area contributed by atoms with Crippen molar-refractivity contribution in [2.75, 3.05) is 26.1 Å². The van der Waals surface area contributed by atoms with Crippen LogP contribution in [0.2, 0.25) is 0 Å². The van der Waals surface area contributed by atoms with Crippen LogP contribution in [-0.4, -0.2) is 26.1 Å². The molecule has 18 heavy (non-hydrogen) atoms. The van der Waals surface area contributed by atoms with Gasteiger partial charge < -0.3 is 9.47 Å². The van der Waals surface area contributed by atoms with Gasteiger partial charge in [0, 0.05) is 5.75 Å². The Morgan fingerprint density at radius 2 is 1.89 bits per heavy atom. The summed E-state index contributed by atoms with van der Waals surface area (Å²) in [6.45, 7) is 1.55. The third-order valence-corrected chi connectivity index (χ3v) is 4.32. The van der Waals surface area contributed by atoms with Gasteiger partial charge in [0.05, 0.1) is 25.7 Å². The van der Waals surface area contributed by atoms with Crippen molar-refractivity contribution < 1.29 is 9.47 Å². The maximum absolute atomic E-state index is 5.36. The van der Waals surface area contributed by atoms with E-state index in [1.165, 1.54) is 16.3 Å². The summed E-state index contributed by atoms with van der Waals surface area (Å²) < 4.78 is 10.6. The molecule has 0 radical (unpaired) electrons. The highest BCUT2D eigenvalue weighted by atomic mass is 32.1. The zero-order valence-corrected chi connectivity index (χ0v) is 11.2. The predicted molar refractivity (Wildman–Crippen MR) is 76.9 cm³/mol. The number of fused-ring (bicyclic) bond motifs is 1. The van der Waals surface area contributed by atoms with Crippen molar-refractivity contribution in [3.05, 3.63) is 42.0 Å². The normalized spacial score (nSPS) is 17.4. The molecule has 0 saturated carbocycles. The predicted octanol–water partition coefficient (Wildman–Crippen LogP) is 3.05. The molecule has 0 amide bonds. The van der Waals surface area contributed by atoms with Crippen LogP contribution < -0.4 is 4.74 Å². The number of thiol groups is 1. The van der Waals surface area contributed by atoms with Gasteiger partial charge >= 0.3 is 0 Å². The lowest BCUT2D eigenvalue weighted by Gasteiger charge is -2.41. The van der Waals surface area contributed by atoms with Gasteiger partial charge in [0.2, 0.25) is 0 Å². The zero-order chi connectivity index (χ0) is 12.6. The average Bonchev–Trinajstić information content (AvgIpc) is 2.37. The highest BCUT2D eigenvalue weighted by Crippen LogP contribution is 2.35.